The van der Waals surface area contributed by atoms with Crippen LogP contribution in [0.1, 0.15) is 254 Å². The molecule has 0 amide bonds. The van der Waals surface area contributed by atoms with Crippen LogP contribution in [0.25, 0.3) is 54.9 Å². The van der Waals surface area contributed by atoms with Gasteiger partial charge in [0.05, 0.1) is 11.4 Å². The second kappa shape index (κ2) is 21.7. The van der Waals surface area contributed by atoms with Crippen LogP contribution in [0.2, 0.25) is 0 Å². The molecule has 2 nitrogen and oxygen atoms in total. The number of rotatable bonds is 11. The Balaban J connectivity index is 1.07. The quantitative estimate of drug-likeness (QED) is 0.0996. The maximum absolute atomic E-state index is 4.49. The summed E-state index contributed by atoms with van der Waals surface area (Å²) in [6.45, 7) is 28.7. The number of hydrogen-bond donors (Lipinski definition) is 2. The van der Waals surface area contributed by atoms with Crippen LogP contribution in [0.3, 0.4) is 0 Å². The number of fused-ring (bicyclic) bond motifs is 10. The molecule has 8 saturated carbocycles. The lowest BCUT2D eigenvalue weighted by molar-refractivity contribution is 0.412. The van der Waals surface area contributed by atoms with Gasteiger partial charge >= 0.3 is 0 Å². The molecule has 8 fully saturated rings. The summed E-state index contributed by atoms with van der Waals surface area (Å²) in [6, 6.07) is 55.7. The molecule has 2 heteroatoms. The fourth-order valence-corrected chi connectivity index (χ4v) is 20.6. The van der Waals surface area contributed by atoms with Gasteiger partial charge in [-0.15, -0.1) is 0 Å². The first kappa shape index (κ1) is 58.9. The Morgan fingerprint density at radius 3 is 1.01 bits per heavy atom. The van der Waals surface area contributed by atoms with Crippen molar-refractivity contribution in [3.05, 3.63) is 178 Å². The molecule has 8 bridgehead atoms. The van der Waals surface area contributed by atoms with E-state index in [1.807, 2.05) is 0 Å². The number of hydrogen-bond acceptors (Lipinski definition) is 2. The molecule has 0 saturated heterocycles. The third-order valence-corrected chi connectivity index (χ3v) is 25.5. The lowest BCUT2D eigenvalue weighted by atomic mass is 9.75. The third-order valence-electron chi connectivity index (χ3n) is 25.5. The first-order valence-corrected chi connectivity index (χ1v) is 36.3. The molecular weight excluding hydrogens is 1080 g/mol. The SMILES string of the molecule is CC(C)(C)c1cc(Nc2c3ccccc3c(Nc3cc(C(C)(C)C)cc(C(C)(C)C)c3)c3c(-c4cc(C5CC6CCC5C6)cc(C5CC6CCC5C6)c4)c(-c4ccccc4)c(-c4cc(C5CC6CCC5C6)cc(C5CC6CCC5C6)c4)cc23)cc(C(C)(C)C)c1. The monoisotopic (exact) mass is 1190 g/mol. The molecule has 8 aromatic rings. The summed E-state index contributed by atoms with van der Waals surface area (Å²) in [6.07, 6.45) is 22.3. The van der Waals surface area contributed by atoms with E-state index in [0.29, 0.717) is 23.7 Å². The smallest absolute Gasteiger partial charge is 0.0551 e. The van der Waals surface area contributed by atoms with E-state index in [9.17, 15) is 0 Å². The van der Waals surface area contributed by atoms with Gasteiger partial charge in [0, 0.05) is 38.5 Å². The van der Waals surface area contributed by atoms with Gasteiger partial charge in [-0.2, -0.15) is 0 Å². The van der Waals surface area contributed by atoms with Gasteiger partial charge in [0.1, 0.15) is 0 Å². The van der Waals surface area contributed by atoms with E-state index in [1.165, 1.54) is 191 Å². The molecule has 2 N–H and O–H groups in total. The van der Waals surface area contributed by atoms with E-state index in [1.54, 1.807) is 22.3 Å². The second-order valence-corrected chi connectivity index (χ2v) is 35.5. The second-order valence-electron chi connectivity index (χ2n) is 35.5. The van der Waals surface area contributed by atoms with Crippen LogP contribution >= 0.6 is 0 Å². The Morgan fingerprint density at radius 2 is 0.656 bits per heavy atom. The minimum Gasteiger partial charge on any atom is -0.354 e. The van der Waals surface area contributed by atoms with Crippen LogP contribution in [-0.4, -0.2) is 0 Å². The lowest BCUT2D eigenvalue weighted by Gasteiger charge is -2.31. The number of nitrogens with one attached hydrogen (secondary N) is 2. The molecule has 12 unspecified atom stereocenters. The highest BCUT2D eigenvalue weighted by Gasteiger charge is 2.46. The summed E-state index contributed by atoms with van der Waals surface area (Å²) in [7, 11) is 0. The van der Waals surface area contributed by atoms with Crippen molar-refractivity contribution in [2.75, 3.05) is 10.6 Å². The Bertz CT molecular complexity index is 3950. The summed E-state index contributed by atoms with van der Waals surface area (Å²) in [5, 5.41) is 14.0. The molecule has 12 atom stereocenters. The molecule has 8 aliphatic rings. The Labute approximate surface area is 541 Å². The fraction of sp³-hybridized carbons (Fsp3) is 0.500. The van der Waals surface area contributed by atoms with Gasteiger partial charge in [-0.05, 0) is 272 Å². The zero-order valence-corrected chi connectivity index (χ0v) is 56.9. The fourth-order valence-electron chi connectivity index (χ4n) is 20.6. The highest BCUT2D eigenvalue weighted by atomic mass is 14.9. The standard InChI is InChI=1S/C88H104N2/c1-85(2,3)66-44-67(86(4,5)6)47-70(46-66)89-83-72-20-16-17-21-73(72)84(90-71-48-68(87(7,8)9)45-69(49-71)88(10,11)12)82-79(83)50-78(64-40-60(74-34-51-22-26-56(74)30-51)38-61(41-64)75-35-52-23-27-57(75)31-52)80(55-18-14-13-15-19-55)81(82)65-42-62(76-36-53-24-28-58(76)32-53)39-63(43-65)77-37-54-25-29-59(77)33-54/h13-21,38-54,56-59,74-77,89-90H,22-37H2,1-12H3. The van der Waals surface area contributed by atoms with Gasteiger partial charge in [0.15, 0.2) is 0 Å². The van der Waals surface area contributed by atoms with Gasteiger partial charge in [0.2, 0.25) is 0 Å². The molecule has 8 aromatic carbocycles. The Kier molecular flexibility index (Phi) is 14.2. The third kappa shape index (κ3) is 10.6. The van der Waals surface area contributed by atoms with Crippen molar-refractivity contribution < 1.29 is 0 Å². The maximum atomic E-state index is 4.49. The lowest BCUT2D eigenvalue weighted by Crippen LogP contribution is -2.17. The minimum absolute atomic E-state index is 0.0469. The van der Waals surface area contributed by atoms with Crippen LogP contribution in [0, 0.1) is 47.3 Å². The van der Waals surface area contributed by atoms with Crippen LogP contribution in [-0.2, 0) is 21.7 Å². The molecule has 0 spiro atoms. The van der Waals surface area contributed by atoms with E-state index in [-0.39, 0.29) is 21.7 Å². The molecule has 90 heavy (non-hydrogen) atoms. The average Bonchev–Trinajstić information content (AvgIpc) is 0.989. The summed E-state index contributed by atoms with van der Waals surface area (Å²) >= 11 is 0. The highest BCUT2D eigenvalue weighted by molar-refractivity contribution is 6.27. The van der Waals surface area contributed by atoms with E-state index in [0.717, 1.165) is 58.7 Å². The van der Waals surface area contributed by atoms with Crippen molar-refractivity contribution in [2.45, 2.75) is 231 Å². The highest BCUT2D eigenvalue weighted by Crippen LogP contribution is 2.61. The van der Waals surface area contributed by atoms with Gasteiger partial charge < -0.3 is 10.6 Å². The van der Waals surface area contributed by atoms with Crippen molar-refractivity contribution in [1.29, 1.82) is 0 Å². The summed E-state index contributed by atoms with van der Waals surface area (Å²) in [5.74, 6) is 9.10. The van der Waals surface area contributed by atoms with Crippen LogP contribution < -0.4 is 10.6 Å². The molecule has 0 aromatic heterocycles. The van der Waals surface area contributed by atoms with Crippen molar-refractivity contribution in [3.8, 4) is 33.4 Å². The summed E-state index contributed by atoms with van der Waals surface area (Å²) in [5.41, 5.74) is 24.9. The van der Waals surface area contributed by atoms with Gasteiger partial charge in [-0.1, -0.05) is 212 Å². The van der Waals surface area contributed by atoms with E-state index in [4.69, 9.17) is 0 Å². The van der Waals surface area contributed by atoms with E-state index < -0.39 is 0 Å². The van der Waals surface area contributed by atoms with Crippen LogP contribution in [0.5, 0.6) is 0 Å². The topological polar surface area (TPSA) is 24.1 Å². The predicted octanol–water partition coefficient (Wildman–Crippen LogP) is 25.3. The van der Waals surface area contributed by atoms with Gasteiger partial charge in [-0.3, -0.25) is 0 Å². The molecular formula is C88H104N2. The van der Waals surface area contributed by atoms with E-state index in [2.05, 4.69) is 227 Å². The summed E-state index contributed by atoms with van der Waals surface area (Å²) in [4.78, 5) is 0. The molecule has 0 radical (unpaired) electrons. The number of benzene rings is 8. The zero-order valence-electron chi connectivity index (χ0n) is 56.9. The van der Waals surface area contributed by atoms with Crippen LogP contribution in [0.15, 0.2) is 133 Å². The van der Waals surface area contributed by atoms with Gasteiger partial charge in [0.25, 0.3) is 0 Å². The molecule has 0 heterocycles. The van der Waals surface area contributed by atoms with Crippen molar-refractivity contribution >= 4 is 44.3 Å². The normalized spacial score (nSPS) is 27.7. The molecule has 466 valence electrons. The minimum atomic E-state index is -0.0523. The predicted molar refractivity (Wildman–Crippen MR) is 385 cm³/mol. The molecule has 16 rings (SSSR count). The van der Waals surface area contributed by atoms with Gasteiger partial charge in [-0.25, -0.2) is 0 Å². The van der Waals surface area contributed by atoms with Crippen molar-refractivity contribution in [2.24, 2.45) is 47.3 Å². The average molecular weight is 1190 g/mol. The van der Waals surface area contributed by atoms with Crippen LogP contribution in [0.4, 0.5) is 22.7 Å². The molecule has 0 aliphatic heterocycles. The molecule has 8 aliphatic carbocycles. The zero-order chi connectivity index (χ0) is 61.9. The Hall–Kier alpha value is -6.12. The number of anilines is 4. The Morgan fingerprint density at radius 1 is 0.300 bits per heavy atom. The van der Waals surface area contributed by atoms with E-state index >= 15 is 0 Å². The largest absolute Gasteiger partial charge is 0.354 e. The first-order valence-electron chi connectivity index (χ1n) is 36.3. The first-order chi connectivity index (χ1) is 43.0. The van der Waals surface area contributed by atoms with Crippen molar-refractivity contribution in [1.82, 2.24) is 0 Å². The summed E-state index contributed by atoms with van der Waals surface area (Å²) < 4.78 is 0. The van der Waals surface area contributed by atoms with Crippen molar-refractivity contribution in [3.63, 3.8) is 0 Å². The maximum Gasteiger partial charge on any atom is 0.0551 e.